The van der Waals surface area contributed by atoms with Crippen molar-refractivity contribution >= 4 is 0 Å². The Hall–Kier alpha value is -1.60. The highest BCUT2D eigenvalue weighted by molar-refractivity contribution is 5.24. The number of rotatable bonds is 5. The van der Waals surface area contributed by atoms with Crippen LogP contribution in [-0.2, 0) is 0 Å². The molecule has 0 aliphatic heterocycles. The predicted molar refractivity (Wildman–Crippen MR) is 57.4 cm³/mol. The van der Waals surface area contributed by atoms with Crippen LogP contribution >= 0.6 is 0 Å². The Kier molecular flexibility index (Phi) is 4.58. The summed E-state index contributed by atoms with van der Waals surface area (Å²) in [5.41, 5.74) is 0.867. The topological polar surface area (TPSA) is 57.9 Å². The smallest absolute Gasteiger partial charge is 0.212 e. The third kappa shape index (κ3) is 3.22. The molecule has 0 fully saturated rings. The average molecular weight is 205 g/mol. The lowest BCUT2D eigenvalue weighted by atomic mass is 10.1. The van der Waals surface area contributed by atoms with Crippen molar-refractivity contribution in [1.82, 2.24) is 10.3 Å². The van der Waals surface area contributed by atoms with Crippen LogP contribution in [-0.4, -0.2) is 18.6 Å². The van der Waals surface area contributed by atoms with Crippen molar-refractivity contribution in [2.45, 2.75) is 19.4 Å². The lowest BCUT2D eigenvalue weighted by Gasteiger charge is -2.10. The molecule has 1 aromatic heterocycles. The van der Waals surface area contributed by atoms with Crippen LogP contribution in [0.15, 0.2) is 18.3 Å². The summed E-state index contributed by atoms with van der Waals surface area (Å²) in [4.78, 5) is 4.06. The Balaban J connectivity index is 2.70. The summed E-state index contributed by atoms with van der Waals surface area (Å²) in [6.07, 6.45) is 2.66. The van der Waals surface area contributed by atoms with Crippen LogP contribution in [0.5, 0.6) is 5.88 Å². The van der Waals surface area contributed by atoms with E-state index >= 15 is 0 Å². The van der Waals surface area contributed by atoms with Crippen molar-refractivity contribution in [3.63, 3.8) is 0 Å². The molecule has 0 saturated carbocycles. The minimum Gasteiger partial charge on any atom is -0.481 e. The Labute approximate surface area is 89.9 Å². The lowest BCUT2D eigenvalue weighted by molar-refractivity contribution is 0.397. The van der Waals surface area contributed by atoms with Crippen LogP contribution < -0.4 is 10.1 Å². The van der Waals surface area contributed by atoms with E-state index in [1.54, 1.807) is 19.4 Å². The largest absolute Gasteiger partial charge is 0.481 e. The minimum atomic E-state index is -0.289. The molecule has 1 atom stereocenters. The maximum absolute atomic E-state index is 8.96. The fraction of sp³-hybridized carbons (Fsp3) is 0.455. The van der Waals surface area contributed by atoms with Crippen molar-refractivity contribution in [2.75, 3.05) is 13.7 Å². The van der Waals surface area contributed by atoms with Gasteiger partial charge in [-0.15, -0.1) is 0 Å². The van der Waals surface area contributed by atoms with Crippen molar-refractivity contribution in [3.05, 3.63) is 23.9 Å². The van der Waals surface area contributed by atoms with Gasteiger partial charge in [-0.25, -0.2) is 4.98 Å². The quantitative estimate of drug-likeness (QED) is 0.794. The summed E-state index contributed by atoms with van der Waals surface area (Å²) in [7, 11) is 1.57. The second-order valence-corrected chi connectivity index (χ2v) is 3.15. The van der Waals surface area contributed by atoms with Gasteiger partial charge < -0.3 is 4.74 Å². The second-order valence-electron chi connectivity index (χ2n) is 3.15. The number of pyridine rings is 1. The first-order valence-corrected chi connectivity index (χ1v) is 4.94. The molecule has 0 amide bonds. The number of hydrogen-bond acceptors (Lipinski definition) is 4. The standard InChI is InChI=1S/C11H15N3O/c1-3-6-13-10(7-12)9-4-5-11(15-2)14-8-9/h4-5,8,10,13H,3,6H2,1-2H3. The van der Waals surface area contributed by atoms with E-state index < -0.39 is 0 Å². The fourth-order valence-corrected chi connectivity index (χ4v) is 1.21. The molecule has 0 spiro atoms. The van der Waals surface area contributed by atoms with Gasteiger partial charge in [0, 0.05) is 17.8 Å². The van der Waals surface area contributed by atoms with Gasteiger partial charge in [0.2, 0.25) is 5.88 Å². The summed E-state index contributed by atoms with van der Waals surface area (Å²) < 4.78 is 4.95. The SMILES string of the molecule is CCCNC(C#N)c1ccc(OC)nc1. The van der Waals surface area contributed by atoms with Crippen LogP contribution in [0.25, 0.3) is 0 Å². The summed E-state index contributed by atoms with van der Waals surface area (Å²) in [6.45, 7) is 2.89. The number of nitrogens with one attached hydrogen (secondary N) is 1. The first kappa shape index (κ1) is 11.5. The highest BCUT2D eigenvalue weighted by Gasteiger charge is 2.09. The molecule has 0 aliphatic carbocycles. The molecule has 4 heteroatoms. The van der Waals surface area contributed by atoms with Crippen molar-refractivity contribution < 1.29 is 4.74 Å². The highest BCUT2D eigenvalue weighted by atomic mass is 16.5. The molecular formula is C11H15N3O. The molecule has 0 bridgehead atoms. The molecule has 1 N–H and O–H groups in total. The van der Waals surface area contributed by atoms with Gasteiger partial charge in [-0.05, 0) is 19.0 Å². The van der Waals surface area contributed by atoms with E-state index in [2.05, 4.69) is 23.3 Å². The van der Waals surface area contributed by atoms with E-state index in [4.69, 9.17) is 10.00 Å². The van der Waals surface area contributed by atoms with E-state index in [1.807, 2.05) is 6.07 Å². The van der Waals surface area contributed by atoms with Crippen LogP contribution in [0.1, 0.15) is 24.9 Å². The lowest BCUT2D eigenvalue weighted by Crippen LogP contribution is -2.20. The number of hydrogen-bond donors (Lipinski definition) is 1. The Morgan fingerprint density at radius 3 is 2.87 bits per heavy atom. The number of nitriles is 1. The molecule has 1 heterocycles. The second kappa shape index (κ2) is 5.99. The van der Waals surface area contributed by atoms with E-state index in [0.29, 0.717) is 5.88 Å². The Bertz CT molecular complexity index is 329. The first-order chi connectivity index (χ1) is 7.31. The van der Waals surface area contributed by atoms with E-state index in [1.165, 1.54) is 0 Å². The third-order valence-electron chi connectivity index (χ3n) is 2.03. The first-order valence-electron chi connectivity index (χ1n) is 4.94. The van der Waals surface area contributed by atoms with Gasteiger partial charge in [0.05, 0.1) is 13.2 Å². The molecule has 0 saturated heterocycles. The van der Waals surface area contributed by atoms with Crippen molar-refractivity contribution in [2.24, 2.45) is 0 Å². The molecule has 1 aromatic rings. The van der Waals surface area contributed by atoms with E-state index in [9.17, 15) is 0 Å². The van der Waals surface area contributed by atoms with Gasteiger partial charge in [0.25, 0.3) is 0 Å². The van der Waals surface area contributed by atoms with Gasteiger partial charge in [0.15, 0.2) is 0 Å². The zero-order chi connectivity index (χ0) is 11.1. The monoisotopic (exact) mass is 205 g/mol. The van der Waals surface area contributed by atoms with Gasteiger partial charge in [-0.3, -0.25) is 5.32 Å². The molecule has 4 nitrogen and oxygen atoms in total. The number of methoxy groups -OCH3 is 1. The average Bonchev–Trinajstić information content (AvgIpc) is 2.31. The molecule has 1 unspecified atom stereocenters. The molecular weight excluding hydrogens is 190 g/mol. The summed E-state index contributed by atoms with van der Waals surface area (Å²) in [5, 5.41) is 12.1. The maximum Gasteiger partial charge on any atom is 0.212 e. The van der Waals surface area contributed by atoms with Crippen LogP contribution in [0.4, 0.5) is 0 Å². The summed E-state index contributed by atoms with van der Waals surface area (Å²) in [6, 6.07) is 5.52. The van der Waals surface area contributed by atoms with E-state index in [0.717, 1.165) is 18.5 Å². The van der Waals surface area contributed by atoms with E-state index in [-0.39, 0.29) is 6.04 Å². The van der Waals surface area contributed by atoms with Crippen LogP contribution in [0.3, 0.4) is 0 Å². The molecule has 80 valence electrons. The zero-order valence-corrected chi connectivity index (χ0v) is 9.03. The van der Waals surface area contributed by atoms with Gasteiger partial charge in [-0.1, -0.05) is 6.92 Å². The molecule has 0 aromatic carbocycles. The maximum atomic E-state index is 8.96. The van der Waals surface area contributed by atoms with Crippen molar-refractivity contribution in [3.8, 4) is 11.9 Å². The van der Waals surface area contributed by atoms with Crippen LogP contribution in [0.2, 0.25) is 0 Å². The van der Waals surface area contributed by atoms with Gasteiger partial charge >= 0.3 is 0 Å². The molecule has 15 heavy (non-hydrogen) atoms. The summed E-state index contributed by atoms with van der Waals surface area (Å²) in [5.74, 6) is 0.561. The predicted octanol–water partition coefficient (Wildman–Crippen LogP) is 1.65. The highest BCUT2D eigenvalue weighted by Crippen LogP contribution is 2.13. The Morgan fingerprint density at radius 2 is 2.40 bits per heavy atom. The number of ether oxygens (including phenoxy) is 1. The van der Waals surface area contributed by atoms with Crippen LogP contribution in [0, 0.1) is 11.3 Å². The minimum absolute atomic E-state index is 0.289. The number of nitrogens with zero attached hydrogens (tertiary/aromatic N) is 2. The number of aromatic nitrogens is 1. The van der Waals surface area contributed by atoms with Gasteiger partial charge in [0.1, 0.15) is 6.04 Å². The summed E-state index contributed by atoms with van der Waals surface area (Å²) >= 11 is 0. The van der Waals surface area contributed by atoms with Crippen molar-refractivity contribution in [1.29, 1.82) is 5.26 Å². The third-order valence-corrected chi connectivity index (χ3v) is 2.03. The zero-order valence-electron chi connectivity index (χ0n) is 9.03. The molecule has 0 radical (unpaired) electrons. The molecule has 1 rings (SSSR count). The fourth-order valence-electron chi connectivity index (χ4n) is 1.21. The van der Waals surface area contributed by atoms with Gasteiger partial charge in [-0.2, -0.15) is 5.26 Å². The normalized spacial score (nSPS) is 11.8. The molecule has 0 aliphatic rings. The Morgan fingerprint density at radius 1 is 1.60 bits per heavy atom.